The fourth-order valence-electron chi connectivity index (χ4n) is 4.14. The number of carbonyl (C=O) groups is 1. The number of amides is 1. The van der Waals surface area contributed by atoms with E-state index in [1.54, 1.807) is 12.4 Å². The highest BCUT2D eigenvalue weighted by molar-refractivity contribution is 5.92. The molecule has 0 N–H and O–H groups in total. The molecule has 2 aliphatic carbocycles. The van der Waals surface area contributed by atoms with Crippen LogP contribution in [0.25, 0.3) is 0 Å². The van der Waals surface area contributed by atoms with Crippen LogP contribution in [0.2, 0.25) is 0 Å². The lowest BCUT2D eigenvalue weighted by Crippen LogP contribution is -2.37. The average molecular weight is 302 g/mol. The van der Waals surface area contributed by atoms with E-state index in [2.05, 4.69) is 29.0 Å². The van der Waals surface area contributed by atoms with Gasteiger partial charge in [-0.3, -0.25) is 9.78 Å². The molecule has 2 aliphatic rings. The molecule has 1 heterocycles. The smallest absolute Gasteiger partial charge is 0.274 e. The van der Waals surface area contributed by atoms with Gasteiger partial charge in [0.1, 0.15) is 5.69 Å². The Morgan fingerprint density at radius 1 is 1.00 bits per heavy atom. The molecule has 2 unspecified atom stereocenters. The van der Waals surface area contributed by atoms with Crippen molar-refractivity contribution in [3.8, 4) is 0 Å². The van der Waals surface area contributed by atoms with E-state index in [1.807, 2.05) is 18.9 Å². The van der Waals surface area contributed by atoms with E-state index in [-0.39, 0.29) is 5.91 Å². The van der Waals surface area contributed by atoms with Gasteiger partial charge in [0.05, 0.1) is 11.9 Å². The summed E-state index contributed by atoms with van der Waals surface area (Å²) in [7, 11) is 6.27. The summed E-state index contributed by atoms with van der Waals surface area (Å²) in [6.45, 7) is 1.88. The van der Waals surface area contributed by atoms with Crippen molar-refractivity contribution in [2.24, 2.45) is 11.8 Å². The zero-order valence-corrected chi connectivity index (χ0v) is 14.0. The minimum atomic E-state index is 0.00151. The van der Waals surface area contributed by atoms with Crippen LogP contribution in [0.1, 0.15) is 41.9 Å². The molecular weight excluding hydrogens is 276 g/mol. The third-order valence-electron chi connectivity index (χ3n) is 5.56. The molecule has 3 rings (SSSR count). The number of hydrogen-bond donors (Lipinski definition) is 0. The Morgan fingerprint density at radius 3 is 2.09 bits per heavy atom. The van der Waals surface area contributed by atoms with E-state index in [1.165, 1.54) is 12.8 Å². The summed E-state index contributed by atoms with van der Waals surface area (Å²) in [6.07, 6.45) is 8.08. The number of rotatable bonds is 3. The summed E-state index contributed by atoms with van der Waals surface area (Å²) < 4.78 is 0. The zero-order chi connectivity index (χ0) is 15.9. The molecule has 2 saturated carbocycles. The standard InChI is InChI=1S/C17H26N4O/c1-11-9-19-16(10-18-11)17(22)21(4)15-7-12-5-14(20(2)3)6-13(12)8-15/h9-10,12-15H,5-8H2,1-4H3/t12-,13+,14?,15?. The van der Waals surface area contributed by atoms with Crippen LogP contribution in [0.4, 0.5) is 0 Å². The van der Waals surface area contributed by atoms with Gasteiger partial charge in [-0.1, -0.05) is 0 Å². The highest BCUT2D eigenvalue weighted by atomic mass is 16.2. The number of aryl methyl sites for hydroxylation is 1. The van der Waals surface area contributed by atoms with Crippen LogP contribution < -0.4 is 0 Å². The Morgan fingerprint density at radius 2 is 1.59 bits per heavy atom. The molecule has 0 radical (unpaired) electrons. The molecule has 0 aliphatic heterocycles. The number of nitrogens with zero attached hydrogens (tertiary/aromatic N) is 4. The van der Waals surface area contributed by atoms with Gasteiger partial charge in [-0.05, 0) is 58.5 Å². The van der Waals surface area contributed by atoms with E-state index in [4.69, 9.17) is 0 Å². The molecule has 5 heteroatoms. The molecule has 1 amide bonds. The van der Waals surface area contributed by atoms with Crippen LogP contribution in [0.15, 0.2) is 12.4 Å². The Kier molecular flexibility index (Phi) is 4.17. The van der Waals surface area contributed by atoms with Crippen molar-refractivity contribution < 1.29 is 4.79 Å². The lowest BCUT2D eigenvalue weighted by Gasteiger charge is -2.26. The number of carbonyl (C=O) groups excluding carboxylic acids is 1. The van der Waals surface area contributed by atoms with E-state index in [0.717, 1.165) is 36.4 Å². The summed E-state index contributed by atoms with van der Waals surface area (Å²) in [6, 6.07) is 1.08. The summed E-state index contributed by atoms with van der Waals surface area (Å²) in [5.41, 5.74) is 1.29. The summed E-state index contributed by atoms with van der Waals surface area (Å²) in [5, 5.41) is 0. The van der Waals surface area contributed by atoms with Crippen molar-refractivity contribution >= 4 is 5.91 Å². The van der Waals surface area contributed by atoms with Crippen LogP contribution >= 0.6 is 0 Å². The third kappa shape index (κ3) is 2.86. The van der Waals surface area contributed by atoms with Crippen molar-refractivity contribution in [3.05, 3.63) is 23.8 Å². The minimum absolute atomic E-state index is 0.00151. The van der Waals surface area contributed by atoms with Gasteiger partial charge < -0.3 is 9.80 Å². The molecule has 5 nitrogen and oxygen atoms in total. The Hall–Kier alpha value is -1.49. The maximum atomic E-state index is 12.6. The van der Waals surface area contributed by atoms with Gasteiger partial charge in [0.15, 0.2) is 0 Å². The van der Waals surface area contributed by atoms with Gasteiger partial charge in [0, 0.05) is 25.3 Å². The maximum absolute atomic E-state index is 12.6. The van der Waals surface area contributed by atoms with Crippen molar-refractivity contribution in [1.82, 2.24) is 19.8 Å². The number of aromatic nitrogens is 2. The van der Waals surface area contributed by atoms with Crippen LogP contribution in [-0.2, 0) is 0 Å². The average Bonchev–Trinajstić information content (AvgIpc) is 3.05. The van der Waals surface area contributed by atoms with Gasteiger partial charge in [-0.15, -0.1) is 0 Å². The lowest BCUT2D eigenvalue weighted by molar-refractivity contribution is 0.0720. The predicted molar refractivity (Wildman–Crippen MR) is 85.6 cm³/mol. The summed E-state index contributed by atoms with van der Waals surface area (Å²) >= 11 is 0. The highest BCUT2D eigenvalue weighted by Crippen LogP contribution is 2.46. The van der Waals surface area contributed by atoms with Crippen LogP contribution in [0, 0.1) is 18.8 Å². The fourth-order valence-corrected chi connectivity index (χ4v) is 4.14. The molecule has 2 fully saturated rings. The Labute approximate surface area is 132 Å². The van der Waals surface area contributed by atoms with Gasteiger partial charge >= 0.3 is 0 Å². The second-order valence-electron chi connectivity index (χ2n) is 7.19. The number of hydrogen-bond acceptors (Lipinski definition) is 4. The second kappa shape index (κ2) is 5.95. The highest BCUT2D eigenvalue weighted by Gasteiger charge is 2.44. The molecule has 0 aromatic carbocycles. The van der Waals surface area contributed by atoms with Gasteiger partial charge in [-0.25, -0.2) is 4.98 Å². The van der Waals surface area contributed by atoms with E-state index in [9.17, 15) is 4.79 Å². The molecule has 0 spiro atoms. The largest absolute Gasteiger partial charge is 0.337 e. The summed E-state index contributed by atoms with van der Waals surface area (Å²) in [4.78, 5) is 25.2. The first-order valence-electron chi connectivity index (χ1n) is 8.18. The topological polar surface area (TPSA) is 49.3 Å². The van der Waals surface area contributed by atoms with Gasteiger partial charge in [0.2, 0.25) is 0 Å². The molecule has 1 aromatic heterocycles. The zero-order valence-electron chi connectivity index (χ0n) is 14.0. The Bertz CT molecular complexity index is 528. The monoisotopic (exact) mass is 302 g/mol. The van der Waals surface area contributed by atoms with Crippen LogP contribution in [0.3, 0.4) is 0 Å². The molecule has 4 atom stereocenters. The van der Waals surface area contributed by atoms with E-state index < -0.39 is 0 Å². The lowest BCUT2D eigenvalue weighted by atomic mass is 10.0. The Balaban J connectivity index is 1.62. The molecule has 22 heavy (non-hydrogen) atoms. The molecule has 120 valence electrons. The quantitative estimate of drug-likeness (QED) is 0.856. The van der Waals surface area contributed by atoms with Crippen molar-refractivity contribution in [1.29, 1.82) is 0 Å². The van der Waals surface area contributed by atoms with Crippen LogP contribution in [0.5, 0.6) is 0 Å². The molecule has 0 bridgehead atoms. The molecule has 1 aromatic rings. The first-order chi connectivity index (χ1) is 10.5. The van der Waals surface area contributed by atoms with Crippen molar-refractivity contribution in [3.63, 3.8) is 0 Å². The first-order valence-corrected chi connectivity index (χ1v) is 8.18. The van der Waals surface area contributed by atoms with Crippen molar-refractivity contribution in [2.45, 2.75) is 44.7 Å². The van der Waals surface area contributed by atoms with Crippen molar-refractivity contribution in [2.75, 3.05) is 21.1 Å². The second-order valence-corrected chi connectivity index (χ2v) is 7.19. The minimum Gasteiger partial charge on any atom is -0.337 e. The predicted octanol–water partition coefficient (Wildman–Crippen LogP) is 1.98. The normalized spacial score (nSPS) is 30.6. The fraction of sp³-hybridized carbons (Fsp3) is 0.706. The molecular formula is C17H26N4O. The first kappa shape index (κ1) is 15.4. The van der Waals surface area contributed by atoms with E-state index >= 15 is 0 Å². The maximum Gasteiger partial charge on any atom is 0.274 e. The number of fused-ring (bicyclic) bond motifs is 1. The van der Waals surface area contributed by atoms with Gasteiger partial charge in [0.25, 0.3) is 5.91 Å². The van der Waals surface area contributed by atoms with Gasteiger partial charge in [-0.2, -0.15) is 0 Å². The van der Waals surface area contributed by atoms with E-state index in [0.29, 0.717) is 11.7 Å². The third-order valence-corrected chi connectivity index (χ3v) is 5.56. The molecule has 0 saturated heterocycles. The van der Waals surface area contributed by atoms with Crippen LogP contribution in [-0.4, -0.2) is 58.9 Å². The summed E-state index contributed by atoms with van der Waals surface area (Å²) in [5.74, 6) is 1.55. The SMILES string of the molecule is Cc1cnc(C(=O)N(C)C2C[C@H]3CC(N(C)C)C[C@H]3C2)cn1.